The van der Waals surface area contributed by atoms with Gasteiger partial charge in [0.05, 0.1) is 19.0 Å². The van der Waals surface area contributed by atoms with E-state index in [4.69, 9.17) is 9.88 Å². The van der Waals surface area contributed by atoms with Crippen molar-refractivity contribution in [3.63, 3.8) is 0 Å². The van der Waals surface area contributed by atoms with Crippen LogP contribution in [0.25, 0.3) is 0 Å². The fourth-order valence-electron chi connectivity index (χ4n) is 1.87. The summed E-state index contributed by atoms with van der Waals surface area (Å²) in [6.45, 7) is 2.96. The molecule has 4 nitrogen and oxygen atoms in total. The quantitative estimate of drug-likeness (QED) is 0.785. The van der Waals surface area contributed by atoms with Crippen LogP contribution in [0.5, 0.6) is 0 Å². The Labute approximate surface area is 109 Å². The lowest BCUT2D eigenvalue weighted by atomic mass is 10.1. The number of nitrogens with two attached hydrogens (primary N) is 1. The predicted molar refractivity (Wildman–Crippen MR) is 72.5 cm³/mol. The predicted octanol–water partition coefficient (Wildman–Crippen LogP) is 1.91. The average molecular weight is 271 g/mol. The number of ether oxygens (including phenoxy) is 1. The fraction of sp³-hybridized carbons (Fsp3) is 0.538. The summed E-state index contributed by atoms with van der Waals surface area (Å²) < 4.78 is 27.7. The van der Waals surface area contributed by atoms with E-state index in [0.717, 1.165) is 18.4 Å². The van der Waals surface area contributed by atoms with E-state index in [2.05, 4.69) is 0 Å². The summed E-state index contributed by atoms with van der Waals surface area (Å²) in [7, 11) is -3.42. The molecule has 0 saturated heterocycles. The minimum Gasteiger partial charge on any atom is -0.376 e. The Morgan fingerprint density at radius 3 is 2.50 bits per heavy atom. The first kappa shape index (κ1) is 15.1. The highest BCUT2D eigenvalue weighted by molar-refractivity contribution is 7.89. The average Bonchev–Trinajstić information content (AvgIpc) is 2.28. The van der Waals surface area contributed by atoms with Crippen molar-refractivity contribution in [2.75, 3.05) is 12.4 Å². The normalized spacial score (nSPS) is 13.4. The molecular formula is C13H21NO3S. The lowest BCUT2D eigenvalue weighted by molar-refractivity contribution is 0.0901. The second kappa shape index (κ2) is 7.51. The van der Waals surface area contributed by atoms with Crippen LogP contribution in [0.2, 0.25) is 0 Å². The third-order valence-corrected chi connectivity index (χ3v) is 3.57. The van der Waals surface area contributed by atoms with E-state index in [1.54, 1.807) is 0 Å². The third-order valence-electron chi connectivity index (χ3n) is 2.63. The molecule has 0 fully saturated rings. The Morgan fingerprint density at radius 1 is 1.28 bits per heavy atom. The monoisotopic (exact) mass is 271 g/mol. The first-order valence-electron chi connectivity index (χ1n) is 6.13. The van der Waals surface area contributed by atoms with E-state index < -0.39 is 10.0 Å². The lowest BCUT2D eigenvalue weighted by Crippen LogP contribution is -2.26. The summed E-state index contributed by atoms with van der Waals surface area (Å²) in [6.07, 6.45) is 1.74. The van der Waals surface area contributed by atoms with E-state index >= 15 is 0 Å². The van der Waals surface area contributed by atoms with Gasteiger partial charge in [-0.05, 0) is 17.9 Å². The Balaban J connectivity index is 2.38. The van der Waals surface area contributed by atoms with Gasteiger partial charge >= 0.3 is 0 Å². The second-order valence-electron chi connectivity index (χ2n) is 4.48. The molecule has 0 radical (unpaired) electrons. The maximum Gasteiger partial charge on any atom is 0.209 e. The topological polar surface area (TPSA) is 69.4 Å². The molecule has 1 unspecified atom stereocenters. The van der Waals surface area contributed by atoms with Crippen LogP contribution in [0.15, 0.2) is 30.3 Å². The van der Waals surface area contributed by atoms with E-state index in [9.17, 15) is 8.42 Å². The van der Waals surface area contributed by atoms with E-state index in [0.29, 0.717) is 13.2 Å². The van der Waals surface area contributed by atoms with Crippen molar-refractivity contribution in [1.29, 1.82) is 0 Å². The highest BCUT2D eigenvalue weighted by atomic mass is 32.2. The molecule has 1 atom stereocenters. The molecule has 0 aromatic heterocycles. The molecule has 18 heavy (non-hydrogen) atoms. The van der Waals surface area contributed by atoms with Gasteiger partial charge in [0.25, 0.3) is 0 Å². The molecule has 102 valence electrons. The molecule has 0 heterocycles. The van der Waals surface area contributed by atoms with Crippen LogP contribution in [-0.4, -0.2) is 20.8 Å². The molecule has 1 rings (SSSR count). The van der Waals surface area contributed by atoms with Crippen molar-refractivity contribution < 1.29 is 13.2 Å². The van der Waals surface area contributed by atoms with E-state index in [-0.39, 0.29) is 11.7 Å². The standard InChI is InChI=1S/C13H21NO3S/c1-2-6-13(11-18(14,15)16)10-17-9-12-7-4-3-5-8-12/h3-5,7-8,13H,2,6,9-11H2,1H3,(H2,14,15,16). The minimum absolute atomic E-state index is 0.00434. The van der Waals surface area contributed by atoms with Gasteiger partial charge in [-0.2, -0.15) is 0 Å². The molecule has 0 aliphatic rings. The molecule has 0 spiro atoms. The molecule has 2 N–H and O–H groups in total. The largest absolute Gasteiger partial charge is 0.376 e. The number of benzene rings is 1. The zero-order chi connectivity index (χ0) is 13.4. The van der Waals surface area contributed by atoms with Gasteiger partial charge in [0.1, 0.15) is 0 Å². The minimum atomic E-state index is -3.42. The zero-order valence-corrected chi connectivity index (χ0v) is 11.5. The van der Waals surface area contributed by atoms with Crippen molar-refractivity contribution >= 4 is 10.0 Å². The van der Waals surface area contributed by atoms with Crippen LogP contribution < -0.4 is 5.14 Å². The van der Waals surface area contributed by atoms with Gasteiger partial charge in [0.15, 0.2) is 0 Å². The van der Waals surface area contributed by atoms with Gasteiger partial charge in [-0.1, -0.05) is 43.7 Å². The van der Waals surface area contributed by atoms with Crippen molar-refractivity contribution in [2.24, 2.45) is 11.1 Å². The summed E-state index contributed by atoms with van der Waals surface area (Å²) in [6, 6.07) is 9.81. The number of primary sulfonamides is 1. The molecule has 0 aliphatic heterocycles. The van der Waals surface area contributed by atoms with Crippen LogP contribution in [0, 0.1) is 5.92 Å². The maximum absolute atomic E-state index is 11.1. The Bertz CT molecular complexity index is 431. The van der Waals surface area contributed by atoms with Gasteiger partial charge in [0.2, 0.25) is 10.0 Å². The maximum atomic E-state index is 11.1. The Hall–Kier alpha value is -0.910. The van der Waals surface area contributed by atoms with Gasteiger partial charge < -0.3 is 4.74 Å². The molecule has 0 saturated carbocycles. The van der Waals surface area contributed by atoms with Crippen molar-refractivity contribution in [1.82, 2.24) is 0 Å². The number of hydrogen-bond acceptors (Lipinski definition) is 3. The zero-order valence-electron chi connectivity index (χ0n) is 10.7. The van der Waals surface area contributed by atoms with Crippen molar-refractivity contribution in [3.8, 4) is 0 Å². The van der Waals surface area contributed by atoms with Crippen LogP contribution in [0.1, 0.15) is 25.3 Å². The first-order chi connectivity index (χ1) is 8.51. The molecule has 5 heteroatoms. The van der Waals surface area contributed by atoms with Crippen LogP contribution in [-0.2, 0) is 21.4 Å². The smallest absolute Gasteiger partial charge is 0.209 e. The number of hydrogen-bond donors (Lipinski definition) is 1. The number of sulfonamides is 1. The SMILES string of the molecule is CCCC(COCc1ccccc1)CS(N)(=O)=O. The summed E-state index contributed by atoms with van der Waals surface area (Å²) in [5.74, 6) is -0.0240. The van der Waals surface area contributed by atoms with Crippen molar-refractivity contribution in [3.05, 3.63) is 35.9 Å². The highest BCUT2D eigenvalue weighted by Crippen LogP contribution is 2.10. The lowest BCUT2D eigenvalue weighted by Gasteiger charge is -2.15. The van der Waals surface area contributed by atoms with Gasteiger partial charge in [0, 0.05) is 0 Å². The molecule has 0 aliphatic carbocycles. The van der Waals surface area contributed by atoms with Crippen LogP contribution in [0.3, 0.4) is 0 Å². The first-order valence-corrected chi connectivity index (χ1v) is 7.85. The molecule has 1 aromatic carbocycles. The second-order valence-corrected chi connectivity index (χ2v) is 6.14. The third kappa shape index (κ3) is 6.74. The molecular weight excluding hydrogens is 250 g/mol. The molecule has 0 bridgehead atoms. The number of rotatable bonds is 8. The highest BCUT2D eigenvalue weighted by Gasteiger charge is 2.15. The summed E-state index contributed by atoms with van der Waals surface area (Å²) in [5, 5.41) is 5.07. The fourth-order valence-corrected chi connectivity index (χ4v) is 2.79. The summed E-state index contributed by atoms with van der Waals surface area (Å²) in [5.41, 5.74) is 1.09. The molecule has 1 aromatic rings. The van der Waals surface area contributed by atoms with Gasteiger partial charge in [-0.15, -0.1) is 0 Å². The van der Waals surface area contributed by atoms with Crippen LogP contribution in [0.4, 0.5) is 0 Å². The Kier molecular flexibility index (Phi) is 6.32. The van der Waals surface area contributed by atoms with Crippen LogP contribution >= 0.6 is 0 Å². The van der Waals surface area contributed by atoms with Gasteiger partial charge in [-0.25, -0.2) is 13.6 Å². The van der Waals surface area contributed by atoms with Gasteiger partial charge in [-0.3, -0.25) is 0 Å². The van der Waals surface area contributed by atoms with E-state index in [1.165, 1.54) is 0 Å². The molecule has 0 amide bonds. The van der Waals surface area contributed by atoms with E-state index in [1.807, 2.05) is 37.3 Å². The Morgan fingerprint density at radius 2 is 1.94 bits per heavy atom. The summed E-state index contributed by atoms with van der Waals surface area (Å²) in [4.78, 5) is 0. The van der Waals surface area contributed by atoms with Crippen molar-refractivity contribution in [2.45, 2.75) is 26.4 Å². The summed E-state index contributed by atoms with van der Waals surface area (Å²) >= 11 is 0.